The Labute approximate surface area is 167 Å². The molecule has 3 N–H and O–H groups in total. The summed E-state index contributed by atoms with van der Waals surface area (Å²) >= 11 is 0. The van der Waals surface area contributed by atoms with Gasteiger partial charge in [0.05, 0.1) is 29.5 Å². The Morgan fingerprint density at radius 1 is 1.17 bits per heavy atom. The molecule has 0 aliphatic carbocycles. The Morgan fingerprint density at radius 3 is 2.69 bits per heavy atom. The van der Waals surface area contributed by atoms with Gasteiger partial charge in [-0.2, -0.15) is 10.2 Å². The maximum atomic E-state index is 12.1. The highest BCUT2D eigenvalue weighted by molar-refractivity contribution is 5.93. The molecule has 2 aromatic heterocycles. The van der Waals surface area contributed by atoms with Crippen molar-refractivity contribution >= 4 is 16.5 Å². The molecule has 0 saturated heterocycles. The van der Waals surface area contributed by atoms with Crippen LogP contribution in [0.2, 0.25) is 0 Å². The number of aromatic amines is 1. The van der Waals surface area contributed by atoms with Gasteiger partial charge in [-0.1, -0.05) is 23.8 Å². The van der Waals surface area contributed by atoms with Gasteiger partial charge < -0.3 is 5.73 Å². The Bertz CT molecular complexity index is 1360. The van der Waals surface area contributed by atoms with Crippen LogP contribution in [0.1, 0.15) is 16.8 Å². The zero-order chi connectivity index (χ0) is 20.7. The van der Waals surface area contributed by atoms with E-state index in [2.05, 4.69) is 20.1 Å². The first-order valence-corrected chi connectivity index (χ1v) is 9.18. The third-order valence-corrected chi connectivity index (χ3v) is 5.38. The van der Waals surface area contributed by atoms with E-state index in [1.54, 1.807) is 16.9 Å². The molecule has 29 heavy (non-hydrogen) atoms. The average molecular weight is 384 g/mol. The summed E-state index contributed by atoms with van der Waals surface area (Å²) in [5.41, 5.74) is 12.3. The van der Waals surface area contributed by atoms with Crippen molar-refractivity contribution in [1.29, 1.82) is 0 Å². The fraction of sp³-hybridized carbons (Fsp3) is 0.182. The highest BCUT2D eigenvalue weighted by Crippen LogP contribution is 2.40. The van der Waals surface area contributed by atoms with E-state index >= 15 is 0 Å². The Morgan fingerprint density at radius 2 is 1.97 bits per heavy atom. The van der Waals surface area contributed by atoms with Crippen LogP contribution in [0.25, 0.3) is 38.0 Å². The molecular weight excluding hydrogens is 364 g/mol. The monoisotopic (exact) mass is 384 g/mol. The Balaban J connectivity index is 2.00. The van der Waals surface area contributed by atoms with Crippen LogP contribution >= 0.6 is 0 Å². The van der Waals surface area contributed by atoms with Crippen molar-refractivity contribution in [3.05, 3.63) is 75.1 Å². The third kappa shape index (κ3) is 2.91. The van der Waals surface area contributed by atoms with Crippen LogP contribution in [0.4, 0.5) is 5.69 Å². The molecule has 2 aromatic carbocycles. The summed E-state index contributed by atoms with van der Waals surface area (Å²) < 4.78 is 1.78. The average Bonchev–Trinajstić information content (AvgIpc) is 3.11. The lowest BCUT2D eigenvalue weighted by Gasteiger charge is -2.13. The summed E-state index contributed by atoms with van der Waals surface area (Å²) in [6, 6.07) is 9.56. The van der Waals surface area contributed by atoms with E-state index in [1.165, 1.54) is 0 Å². The van der Waals surface area contributed by atoms with Crippen molar-refractivity contribution in [3.63, 3.8) is 0 Å². The smallest absolute Gasteiger partial charge is 0.272 e. The van der Waals surface area contributed by atoms with Crippen LogP contribution in [-0.4, -0.2) is 20.0 Å². The number of H-pyrrole nitrogens is 1. The number of aryl methyl sites for hydroxylation is 2. The second-order valence-corrected chi connectivity index (χ2v) is 7.01. The van der Waals surface area contributed by atoms with E-state index in [9.17, 15) is 4.79 Å². The number of nitrogens with two attached hydrogens (primary N) is 1. The molecule has 144 valence electrons. The SMILES string of the molecule is [C-]#[N+]c1c(-c2c(-c3ccc4c(=O)[nH]nc(CN)c4c3)cnn2C)ccc(C)c1C. The third-order valence-electron chi connectivity index (χ3n) is 5.38. The first-order chi connectivity index (χ1) is 14.0. The van der Waals surface area contributed by atoms with Gasteiger partial charge in [0, 0.05) is 30.1 Å². The largest absolute Gasteiger partial charge is 0.325 e. The van der Waals surface area contributed by atoms with Crippen LogP contribution in [-0.2, 0) is 13.6 Å². The molecule has 0 aliphatic heterocycles. The standard InChI is InChI=1S/C22H20N6O/c1-12-5-7-16(20(24-3)13(12)2)21-18(11-25-28(21)4)14-6-8-15-17(9-14)19(10-23)26-27-22(15)29/h5-9,11H,10,23H2,1-2,4H3,(H,27,29). The number of fused-ring (bicyclic) bond motifs is 1. The quantitative estimate of drug-likeness (QED) is 0.528. The predicted octanol–water partition coefficient (Wildman–Crippen LogP) is 3.62. The molecule has 0 aliphatic rings. The van der Waals surface area contributed by atoms with Crippen LogP contribution in [0, 0.1) is 20.4 Å². The number of aromatic nitrogens is 4. The molecule has 0 bridgehead atoms. The second-order valence-electron chi connectivity index (χ2n) is 7.01. The molecule has 0 spiro atoms. The van der Waals surface area contributed by atoms with Gasteiger partial charge in [0.15, 0.2) is 5.69 Å². The minimum absolute atomic E-state index is 0.218. The number of nitrogens with one attached hydrogen (secondary N) is 1. The van der Waals surface area contributed by atoms with Crippen LogP contribution in [0.5, 0.6) is 0 Å². The second kappa shape index (κ2) is 7.00. The highest BCUT2D eigenvalue weighted by Gasteiger charge is 2.19. The van der Waals surface area contributed by atoms with Gasteiger partial charge in [0.25, 0.3) is 5.56 Å². The van der Waals surface area contributed by atoms with Crippen molar-refractivity contribution < 1.29 is 0 Å². The van der Waals surface area contributed by atoms with Crippen molar-refractivity contribution in [3.8, 4) is 22.4 Å². The topological polar surface area (TPSA) is 93.9 Å². The summed E-state index contributed by atoms with van der Waals surface area (Å²) in [4.78, 5) is 15.9. The molecule has 2 heterocycles. The summed E-state index contributed by atoms with van der Waals surface area (Å²) in [6.45, 7) is 11.9. The van der Waals surface area contributed by atoms with E-state index in [4.69, 9.17) is 12.3 Å². The number of hydrogen-bond donors (Lipinski definition) is 2. The lowest BCUT2D eigenvalue weighted by Crippen LogP contribution is -2.13. The van der Waals surface area contributed by atoms with Gasteiger partial charge in [0.1, 0.15) is 0 Å². The molecule has 4 aromatic rings. The zero-order valence-corrected chi connectivity index (χ0v) is 16.4. The fourth-order valence-electron chi connectivity index (χ4n) is 3.65. The number of benzene rings is 2. The van der Waals surface area contributed by atoms with Gasteiger partial charge in [-0.25, -0.2) is 9.94 Å². The number of rotatable bonds is 3. The first kappa shape index (κ1) is 18.6. The predicted molar refractivity (Wildman–Crippen MR) is 114 cm³/mol. The number of hydrogen-bond acceptors (Lipinski definition) is 4. The maximum absolute atomic E-state index is 12.1. The van der Waals surface area contributed by atoms with Crippen LogP contribution < -0.4 is 11.3 Å². The minimum atomic E-state index is -0.250. The van der Waals surface area contributed by atoms with Gasteiger partial charge in [-0.15, -0.1) is 0 Å². The first-order valence-electron chi connectivity index (χ1n) is 9.18. The fourth-order valence-corrected chi connectivity index (χ4v) is 3.65. The molecule has 7 heteroatoms. The molecule has 0 atom stereocenters. The van der Waals surface area contributed by atoms with Crippen molar-refractivity contribution in [2.24, 2.45) is 12.8 Å². The van der Waals surface area contributed by atoms with Crippen molar-refractivity contribution in [2.45, 2.75) is 20.4 Å². The van der Waals surface area contributed by atoms with E-state index in [1.807, 2.05) is 45.2 Å². The Hall–Kier alpha value is -3.76. The Kier molecular flexibility index (Phi) is 4.49. The van der Waals surface area contributed by atoms with E-state index in [-0.39, 0.29) is 12.1 Å². The highest BCUT2D eigenvalue weighted by atomic mass is 16.1. The van der Waals surface area contributed by atoms with Crippen molar-refractivity contribution in [1.82, 2.24) is 20.0 Å². The van der Waals surface area contributed by atoms with Gasteiger partial charge in [-0.3, -0.25) is 9.48 Å². The van der Waals surface area contributed by atoms with E-state index in [0.717, 1.165) is 33.5 Å². The molecule has 0 saturated carbocycles. The van der Waals surface area contributed by atoms with E-state index < -0.39 is 0 Å². The molecule has 7 nitrogen and oxygen atoms in total. The van der Waals surface area contributed by atoms with Gasteiger partial charge >= 0.3 is 0 Å². The van der Waals surface area contributed by atoms with E-state index in [0.29, 0.717) is 22.2 Å². The maximum Gasteiger partial charge on any atom is 0.272 e. The minimum Gasteiger partial charge on any atom is -0.325 e. The lowest BCUT2D eigenvalue weighted by molar-refractivity contribution is 0.776. The lowest BCUT2D eigenvalue weighted by atomic mass is 9.95. The molecule has 0 fully saturated rings. The molecule has 4 rings (SSSR count). The zero-order valence-electron chi connectivity index (χ0n) is 16.4. The molecule has 0 amide bonds. The normalized spacial score (nSPS) is 11.0. The molecule has 0 radical (unpaired) electrons. The summed E-state index contributed by atoms with van der Waals surface area (Å²) in [5, 5.41) is 12.3. The van der Waals surface area contributed by atoms with Gasteiger partial charge in [-0.05, 0) is 37.1 Å². The molecular formula is C22H20N6O. The summed E-state index contributed by atoms with van der Waals surface area (Å²) in [7, 11) is 1.86. The van der Waals surface area contributed by atoms with Gasteiger partial charge in [0.2, 0.25) is 0 Å². The summed E-state index contributed by atoms with van der Waals surface area (Å²) in [6.07, 6.45) is 1.78. The van der Waals surface area contributed by atoms with Crippen LogP contribution in [0.3, 0.4) is 0 Å². The molecule has 0 unspecified atom stereocenters. The summed E-state index contributed by atoms with van der Waals surface area (Å²) in [5.74, 6) is 0. The number of nitrogens with zero attached hydrogens (tertiary/aromatic N) is 4. The van der Waals surface area contributed by atoms with Crippen molar-refractivity contribution in [2.75, 3.05) is 0 Å². The van der Waals surface area contributed by atoms with Crippen LogP contribution in [0.15, 0.2) is 41.3 Å².